The Labute approximate surface area is 446 Å². The molecule has 9 heteroatoms. The molecule has 0 bridgehead atoms. The first-order valence-corrected chi connectivity index (χ1v) is 31.9. The van der Waals surface area contributed by atoms with Gasteiger partial charge >= 0.3 is 0 Å². The maximum absolute atomic E-state index is 13.1. The summed E-state index contributed by atoms with van der Waals surface area (Å²) < 4.78 is 11.3. The predicted molar refractivity (Wildman–Crippen MR) is 304 cm³/mol. The van der Waals surface area contributed by atoms with E-state index in [9.17, 15) is 30.3 Å². The summed E-state index contributed by atoms with van der Waals surface area (Å²) in [5, 5.41) is 54.6. The van der Waals surface area contributed by atoms with Crippen molar-refractivity contribution in [3.63, 3.8) is 0 Å². The Balaban J connectivity index is 2.14. The Hall–Kier alpha value is -1.07. The van der Waals surface area contributed by atoms with Gasteiger partial charge < -0.3 is 40.3 Å². The summed E-state index contributed by atoms with van der Waals surface area (Å²) in [6, 6.07) is -0.801. The molecule has 0 aromatic heterocycles. The fraction of sp³-hybridized carbons (Fsp3) is 0.952. The van der Waals surface area contributed by atoms with Crippen LogP contribution in [0, 0.1) is 0 Å². The van der Waals surface area contributed by atoms with Crippen LogP contribution in [0.3, 0.4) is 0 Å². The normalized spacial score (nSPS) is 19.1. The molecule has 0 aromatic carbocycles. The van der Waals surface area contributed by atoms with Gasteiger partial charge in [0.1, 0.15) is 24.4 Å². The Morgan fingerprint density at radius 3 is 1.08 bits per heavy atom. The number of allylic oxidation sites excluding steroid dienone is 1. The summed E-state index contributed by atoms with van der Waals surface area (Å²) in [4.78, 5) is 13.1. The molecule has 1 fully saturated rings. The van der Waals surface area contributed by atoms with Gasteiger partial charge in [-0.1, -0.05) is 315 Å². The molecule has 0 spiro atoms. The second-order valence-corrected chi connectivity index (χ2v) is 22.6. The Kier molecular flexibility index (Phi) is 51.1. The van der Waals surface area contributed by atoms with Crippen LogP contribution in [0.4, 0.5) is 0 Å². The summed E-state index contributed by atoms with van der Waals surface area (Å²) in [6.45, 7) is 3.83. The Bertz CT molecular complexity index is 1140. The van der Waals surface area contributed by atoms with Crippen LogP contribution in [0.5, 0.6) is 0 Å². The van der Waals surface area contributed by atoms with Crippen LogP contribution in [0.15, 0.2) is 12.2 Å². The summed E-state index contributed by atoms with van der Waals surface area (Å²) in [6.07, 6.45) is 60.1. The zero-order chi connectivity index (χ0) is 52.2. The standard InChI is InChI=1S/C63H123NO8/c1-3-5-7-9-11-13-15-17-19-21-23-25-26-27-28-29-30-31-32-33-35-37-39-41-43-45-47-49-51-53-59(67)64-56(55-71-63-62(70)61(69)60(68)58(54-65)72-63)57(66)52-50-48-46-44-42-40-38-36-34-24-22-20-18-16-14-12-10-8-6-4-2/h50,52,56-58,60-63,65-66,68-70H,3-49,51,53-55H2,1-2H3,(H,64,67)/b52-50+. The van der Waals surface area contributed by atoms with Gasteiger partial charge in [0.05, 0.1) is 25.4 Å². The molecular weight excluding hydrogens is 899 g/mol. The molecule has 1 saturated heterocycles. The molecule has 428 valence electrons. The van der Waals surface area contributed by atoms with Gasteiger partial charge in [-0.2, -0.15) is 0 Å². The lowest BCUT2D eigenvalue weighted by atomic mass is 9.99. The number of rotatable bonds is 56. The average Bonchev–Trinajstić information content (AvgIpc) is 3.38. The fourth-order valence-electron chi connectivity index (χ4n) is 10.6. The van der Waals surface area contributed by atoms with Crippen molar-refractivity contribution in [2.75, 3.05) is 13.2 Å². The minimum absolute atomic E-state index is 0.168. The van der Waals surface area contributed by atoms with E-state index in [4.69, 9.17) is 9.47 Å². The third-order valence-corrected chi connectivity index (χ3v) is 15.6. The van der Waals surface area contributed by atoms with Crippen molar-refractivity contribution in [3.05, 3.63) is 12.2 Å². The van der Waals surface area contributed by atoms with Crippen LogP contribution >= 0.6 is 0 Å². The lowest BCUT2D eigenvalue weighted by Gasteiger charge is -2.40. The largest absolute Gasteiger partial charge is 0.394 e. The lowest BCUT2D eigenvalue weighted by molar-refractivity contribution is -0.302. The minimum atomic E-state index is -1.56. The van der Waals surface area contributed by atoms with Gasteiger partial charge in [0.25, 0.3) is 0 Å². The highest BCUT2D eigenvalue weighted by molar-refractivity contribution is 5.76. The molecule has 1 amide bonds. The maximum atomic E-state index is 13.1. The van der Waals surface area contributed by atoms with Crippen LogP contribution in [0.2, 0.25) is 0 Å². The van der Waals surface area contributed by atoms with E-state index >= 15 is 0 Å². The van der Waals surface area contributed by atoms with Crippen molar-refractivity contribution in [2.24, 2.45) is 0 Å². The second-order valence-electron chi connectivity index (χ2n) is 22.6. The number of carbonyl (C=O) groups is 1. The van der Waals surface area contributed by atoms with E-state index in [2.05, 4.69) is 19.2 Å². The third-order valence-electron chi connectivity index (χ3n) is 15.6. The summed E-state index contributed by atoms with van der Waals surface area (Å²) >= 11 is 0. The van der Waals surface area contributed by atoms with Gasteiger partial charge in [0, 0.05) is 6.42 Å². The van der Waals surface area contributed by atoms with E-state index in [-0.39, 0.29) is 12.5 Å². The third kappa shape index (κ3) is 42.1. The van der Waals surface area contributed by atoms with Crippen molar-refractivity contribution in [2.45, 2.75) is 371 Å². The number of hydrogen-bond donors (Lipinski definition) is 6. The molecule has 7 atom stereocenters. The van der Waals surface area contributed by atoms with Crippen molar-refractivity contribution < 1.29 is 39.8 Å². The number of aliphatic hydroxyl groups excluding tert-OH is 5. The van der Waals surface area contributed by atoms with Crippen molar-refractivity contribution in [3.8, 4) is 0 Å². The predicted octanol–water partition coefficient (Wildman–Crippen LogP) is 16.4. The Morgan fingerprint density at radius 1 is 0.458 bits per heavy atom. The van der Waals surface area contributed by atoms with E-state index in [1.807, 2.05) is 6.08 Å². The number of amides is 1. The topological polar surface area (TPSA) is 149 Å². The van der Waals surface area contributed by atoms with Crippen molar-refractivity contribution in [1.82, 2.24) is 5.32 Å². The highest BCUT2D eigenvalue weighted by Gasteiger charge is 2.44. The smallest absolute Gasteiger partial charge is 0.220 e. The van der Waals surface area contributed by atoms with Crippen LogP contribution < -0.4 is 5.32 Å². The molecule has 6 N–H and O–H groups in total. The van der Waals surface area contributed by atoms with Gasteiger partial charge in [-0.25, -0.2) is 0 Å². The highest BCUT2D eigenvalue weighted by atomic mass is 16.7. The molecule has 1 aliphatic heterocycles. The molecule has 0 aromatic rings. The van der Waals surface area contributed by atoms with E-state index in [1.54, 1.807) is 6.08 Å². The zero-order valence-corrected chi connectivity index (χ0v) is 47.7. The number of aliphatic hydroxyl groups is 5. The first-order valence-electron chi connectivity index (χ1n) is 31.9. The fourth-order valence-corrected chi connectivity index (χ4v) is 10.6. The van der Waals surface area contributed by atoms with E-state index in [0.29, 0.717) is 6.42 Å². The Morgan fingerprint density at radius 2 is 0.764 bits per heavy atom. The van der Waals surface area contributed by atoms with Gasteiger partial charge in [-0.3, -0.25) is 4.79 Å². The van der Waals surface area contributed by atoms with Crippen LogP contribution in [-0.2, 0) is 14.3 Å². The first kappa shape index (κ1) is 68.9. The molecule has 9 nitrogen and oxygen atoms in total. The SMILES string of the molecule is CCCCCCCCCCCCCCCCCCCC/C=C/C(O)C(COC1OC(CO)C(O)C(O)C1O)NC(=O)CCCCCCCCCCCCCCCCCCCCCCCCCCCCCCC. The molecule has 1 aliphatic rings. The quantitative estimate of drug-likeness (QED) is 0.0261. The monoisotopic (exact) mass is 1020 g/mol. The number of hydrogen-bond acceptors (Lipinski definition) is 8. The van der Waals surface area contributed by atoms with Gasteiger partial charge in [-0.05, 0) is 19.3 Å². The molecular formula is C63H123NO8. The lowest BCUT2D eigenvalue weighted by Crippen LogP contribution is -2.60. The average molecular weight is 1020 g/mol. The number of nitrogens with one attached hydrogen (secondary N) is 1. The van der Waals surface area contributed by atoms with Crippen LogP contribution in [0.1, 0.15) is 328 Å². The number of ether oxygens (including phenoxy) is 2. The first-order chi connectivity index (χ1) is 35.3. The molecule has 0 saturated carbocycles. The van der Waals surface area contributed by atoms with E-state index in [1.165, 1.54) is 270 Å². The van der Waals surface area contributed by atoms with Gasteiger partial charge in [0.2, 0.25) is 5.91 Å². The molecule has 0 radical (unpaired) electrons. The summed E-state index contributed by atoms with van der Waals surface area (Å²) in [7, 11) is 0. The molecule has 1 heterocycles. The van der Waals surface area contributed by atoms with E-state index in [0.717, 1.165) is 38.5 Å². The minimum Gasteiger partial charge on any atom is -0.394 e. The maximum Gasteiger partial charge on any atom is 0.220 e. The van der Waals surface area contributed by atoms with Crippen LogP contribution in [-0.4, -0.2) is 87.5 Å². The summed E-state index contributed by atoms with van der Waals surface area (Å²) in [5.41, 5.74) is 0. The number of carbonyl (C=O) groups excluding carboxylic acids is 1. The van der Waals surface area contributed by atoms with Crippen molar-refractivity contribution >= 4 is 5.91 Å². The molecule has 7 unspecified atom stereocenters. The highest BCUT2D eigenvalue weighted by Crippen LogP contribution is 2.23. The second kappa shape index (κ2) is 53.3. The van der Waals surface area contributed by atoms with Crippen molar-refractivity contribution in [1.29, 1.82) is 0 Å². The summed E-state index contributed by atoms with van der Waals surface area (Å²) in [5.74, 6) is -0.168. The molecule has 0 aliphatic carbocycles. The zero-order valence-electron chi connectivity index (χ0n) is 47.7. The number of unbranched alkanes of at least 4 members (excludes halogenated alkanes) is 46. The van der Waals surface area contributed by atoms with Gasteiger partial charge in [0.15, 0.2) is 6.29 Å². The van der Waals surface area contributed by atoms with Crippen LogP contribution in [0.25, 0.3) is 0 Å². The molecule has 1 rings (SSSR count). The molecule has 72 heavy (non-hydrogen) atoms. The van der Waals surface area contributed by atoms with E-state index < -0.39 is 49.5 Å². The van der Waals surface area contributed by atoms with Gasteiger partial charge in [-0.15, -0.1) is 0 Å².